The molecule has 0 aliphatic carbocycles. The van der Waals surface area contributed by atoms with Gasteiger partial charge in [-0.2, -0.15) is 0 Å². The summed E-state index contributed by atoms with van der Waals surface area (Å²) < 4.78 is 0. The number of alkyl halides is 1. The Morgan fingerprint density at radius 1 is 1.23 bits per heavy atom. The third-order valence-corrected chi connectivity index (χ3v) is 5.23. The molecule has 5 nitrogen and oxygen atoms in total. The molecule has 0 spiro atoms. The van der Waals surface area contributed by atoms with Crippen LogP contribution < -0.4 is 15.5 Å². The van der Waals surface area contributed by atoms with Gasteiger partial charge >= 0.3 is 0 Å². The highest BCUT2D eigenvalue weighted by atomic mass is 35.5. The maximum atomic E-state index is 12.7. The summed E-state index contributed by atoms with van der Waals surface area (Å²) >= 11 is 5.89. The molecule has 0 bridgehead atoms. The zero-order valence-corrected chi connectivity index (χ0v) is 16.9. The fraction of sp³-hybridized carbons (Fsp3) is 0.600. The minimum atomic E-state index is -0.671. The maximum Gasteiger partial charge on any atom is 0.253 e. The molecule has 0 atom stereocenters. The second-order valence-electron chi connectivity index (χ2n) is 8.00. The monoisotopic (exact) mass is 379 g/mol. The summed E-state index contributed by atoms with van der Waals surface area (Å²) in [7, 11) is 0. The van der Waals surface area contributed by atoms with Crippen molar-refractivity contribution in [3.63, 3.8) is 0 Å². The van der Waals surface area contributed by atoms with Crippen molar-refractivity contribution >= 4 is 34.8 Å². The van der Waals surface area contributed by atoms with Gasteiger partial charge in [0.25, 0.3) is 5.91 Å². The van der Waals surface area contributed by atoms with Crippen molar-refractivity contribution in [1.82, 2.24) is 5.32 Å². The van der Waals surface area contributed by atoms with E-state index in [-0.39, 0.29) is 17.7 Å². The van der Waals surface area contributed by atoms with E-state index in [1.54, 1.807) is 19.9 Å². The number of benzene rings is 1. The van der Waals surface area contributed by atoms with E-state index in [0.717, 1.165) is 31.6 Å². The predicted octanol–water partition coefficient (Wildman–Crippen LogP) is 3.88. The first-order valence-electron chi connectivity index (χ1n) is 9.29. The Morgan fingerprint density at radius 3 is 2.46 bits per heavy atom. The lowest BCUT2D eigenvalue weighted by Crippen LogP contribution is -2.33. The van der Waals surface area contributed by atoms with Gasteiger partial charge in [-0.05, 0) is 50.8 Å². The van der Waals surface area contributed by atoms with E-state index in [2.05, 4.69) is 29.4 Å². The van der Waals surface area contributed by atoms with Gasteiger partial charge < -0.3 is 15.5 Å². The van der Waals surface area contributed by atoms with Crippen LogP contribution >= 0.6 is 11.6 Å². The number of hydrogen-bond acceptors (Lipinski definition) is 3. The molecule has 6 heteroatoms. The average Bonchev–Trinajstić information content (AvgIpc) is 3.13. The largest absolute Gasteiger partial charge is 0.371 e. The third-order valence-electron chi connectivity index (χ3n) is 4.57. The van der Waals surface area contributed by atoms with E-state index in [1.165, 1.54) is 0 Å². The van der Waals surface area contributed by atoms with Crippen molar-refractivity contribution in [2.24, 2.45) is 11.3 Å². The molecular formula is C20H30ClN3O2. The summed E-state index contributed by atoms with van der Waals surface area (Å²) in [5, 5.41) is 5.87. The highest BCUT2D eigenvalue weighted by molar-refractivity contribution is 6.20. The number of amides is 2. The molecule has 0 unspecified atom stereocenters. The minimum absolute atomic E-state index is 0.103. The van der Waals surface area contributed by atoms with Crippen LogP contribution in [0.4, 0.5) is 11.4 Å². The second-order valence-corrected chi connectivity index (χ2v) is 8.27. The quantitative estimate of drug-likeness (QED) is 0.707. The lowest BCUT2D eigenvalue weighted by molar-refractivity contribution is -0.122. The van der Waals surface area contributed by atoms with E-state index in [9.17, 15) is 9.59 Å². The standard InChI is InChI=1S/C20H30ClN3O2/c1-14(2)12-22-18(25)16-11-15(23-19(26)20(3,4)13-21)7-8-17(16)24-9-5-6-10-24/h7-8,11,14H,5-6,9-10,12-13H2,1-4H3,(H,22,25)(H,23,26). The summed E-state index contributed by atoms with van der Waals surface area (Å²) in [6.07, 6.45) is 2.27. The second kappa shape index (κ2) is 8.76. The molecule has 1 aromatic rings. The maximum absolute atomic E-state index is 12.7. The topological polar surface area (TPSA) is 61.4 Å². The van der Waals surface area contributed by atoms with Crippen molar-refractivity contribution < 1.29 is 9.59 Å². The van der Waals surface area contributed by atoms with Crippen LogP contribution in [-0.2, 0) is 4.79 Å². The van der Waals surface area contributed by atoms with Gasteiger partial charge in [0.05, 0.1) is 11.0 Å². The normalized spacial score (nSPS) is 14.6. The first kappa shape index (κ1) is 20.6. The Kier molecular flexibility index (Phi) is 6.93. The van der Waals surface area contributed by atoms with Gasteiger partial charge in [-0.1, -0.05) is 13.8 Å². The lowest BCUT2D eigenvalue weighted by Gasteiger charge is -2.24. The number of nitrogens with one attached hydrogen (secondary N) is 2. The Morgan fingerprint density at radius 2 is 1.88 bits per heavy atom. The molecule has 1 saturated heterocycles. The molecule has 0 saturated carbocycles. The van der Waals surface area contributed by atoms with Gasteiger partial charge in [0.2, 0.25) is 5.91 Å². The van der Waals surface area contributed by atoms with Crippen molar-refractivity contribution in [2.45, 2.75) is 40.5 Å². The van der Waals surface area contributed by atoms with Gasteiger partial charge in [-0.3, -0.25) is 9.59 Å². The number of hydrogen-bond donors (Lipinski definition) is 2. The number of nitrogens with zero attached hydrogens (tertiary/aromatic N) is 1. The molecule has 26 heavy (non-hydrogen) atoms. The molecule has 2 rings (SSSR count). The third kappa shape index (κ3) is 5.13. The first-order chi connectivity index (χ1) is 12.2. The van der Waals surface area contributed by atoms with Gasteiger partial charge in [0, 0.05) is 36.9 Å². The summed E-state index contributed by atoms with van der Waals surface area (Å²) in [6.45, 7) is 10.2. The molecule has 1 heterocycles. The SMILES string of the molecule is CC(C)CNC(=O)c1cc(NC(=O)C(C)(C)CCl)ccc1N1CCCC1. The van der Waals surface area contributed by atoms with Crippen molar-refractivity contribution in [1.29, 1.82) is 0 Å². The lowest BCUT2D eigenvalue weighted by atomic mass is 9.95. The smallest absolute Gasteiger partial charge is 0.253 e. The molecular weight excluding hydrogens is 350 g/mol. The number of halogens is 1. The van der Waals surface area contributed by atoms with Crippen molar-refractivity contribution in [3.05, 3.63) is 23.8 Å². The summed E-state index contributed by atoms with van der Waals surface area (Å²) in [5.41, 5.74) is 1.48. The highest BCUT2D eigenvalue weighted by Gasteiger charge is 2.27. The summed E-state index contributed by atoms with van der Waals surface area (Å²) in [4.78, 5) is 27.4. The number of anilines is 2. The summed E-state index contributed by atoms with van der Waals surface area (Å²) in [5.74, 6) is 0.344. The molecule has 1 aliphatic rings. The van der Waals surface area contributed by atoms with Crippen LogP contribution in [0.5, 0.6) is 0 Å². The zero-order chi connectivity index (χ0) is 19.3. The van der Waals surface area contributed by atoms with Gasteiger partial charge in [0.15, 0.2) is 0 Å². The number of carbonyl (C=O) groups is 2. The molecule has 2 N–H and O–H groups in total. The van der Waals surface area contributed by atoms with Crippen LogP contribution in [0.25, 0.3) is 0 Å². The van der Waals surface area contributed by atoms with E-state index < -0.39 is 5.41 Å². The predicted molar refractivity (Wildman–Crippen MR) is 108 cm³/mol. The van der Waals surface area contributed by atoms with Crippen molar-refractivity contribution in [2.75, 3.05) is 35.7 Å². The van der Waals surface area contributed by atoms with Crippen LogP contribution in [0.1, 0.15) is 50.9 Å². The molecule has 0 aromatic heterocycles. The molecule has 0 radical (unpaired) electrons. The van der Waals surface area contributed by atoms with Gasteiger partial charge in [-0.25, -0.2) is 0 Å². The van der Waals surface area contributed by atoms with Crippen LogP contribution in [0.3, 0.4) is 0 Å². The van der Waals surface area contributed by atoms with Gasteiger partial charge in [-0.15, -0.1) is 11.6 Å². The van der Waals surface area contributed by atoms with Crippen molar-refractivity contribution in [3.8, 4) is 0 Å². The highest BCUT2D eigenvalue weighted by Crippen LogP contribution is 2.28. The van der Waals surface area contributed by atoms with E-state index in [1.807, 2.05) is 12.1 Å². The van der Waals surface area contributed by atoms with Crippen LogP contribution in [0.2, 0.25) is 0 Å². The van der Waals surface area contributed by atoms with Crippen LogP contribution in [0.15, 0.2) is 18.2 Å². The van der Waals surface area contributed by atoms with Gasteiger partial charge in [0.1, 0.15) is 0 Å². The zero-order valence-electron chi connectivity index (χ0n) is 16.2. The molecule has 2 amide bonds. The first-order valence-corrected chi connectivity index (χ1v) is 9.82. The van der Waals surface area contributed by atoms with Crippen LogP contribution in [0, 0.1) is 11.3 Å². The molecule has 1 aliphatic heterocycles. The molecule has 1 aromatic carbocycles. The number of carbonyl (C=O) groups excluding carboxylic acids is 2. The fourth-order valence-corrected chi connectivity index (χ4v) is 2.90. The van der Waals surface area contributed by atoms with E-state index in [4.69, 9.17) is 11.6 Å². The van der Waals surface area contributed by atoms with Crippen LogP contribution in [-0.4, -0.2) is 37.3 Å². The molecule has 144 valence electrons. The Labute approximate surface area is 161 Å². The molecule has 1 fully saturated rings. The van der Waals surface area contributed by atoms with E-state index in [0.29, 0.717) is 23.7 Å². The average molecular weight is 380 g/mol. The summed E-state index contributed by atoms with van der Waals surface area (Å²) in [6, 6.07) is 5.56. The van der Waals surface area contributed by atoms with E-state index >= 15 is 0 Å². The Balaban J connectivity index is 2.27. The fourth-order valence-electron chi connectivity index (χ4n) is 2.78. The number of rotatable bonds is 7. The Hall–Kier alpha value is -1.75. The minimum Gasteiger partial charge on any atom is -0.371 e. The Bertz CT molecular complexity index is 652.